The van der Waals surface area contributed by atoms with Gasteiger partial charge in [0.2, 0.25) is 0 Å². The van der Waals surface area contributed by atoms with Crippen LogP contribution < -0.4 is 4.81 Å². The summed E-state index contributed by atoms with van der Waals surface area (Å²) in [6, 6.07) is 9.14. The Hall–Kier alpha value is -1.50. The van der Waals surface area contributed by atoms with Gasteiger partial charge in [0.25, 0.3) is 0 Å². The molecule has 0 fully saturated rings. The average Bonchev–Trinajstić information content (AvgIpc) is 2.55. The summed E-state index contributed by atoms with van der Waals surface area (Å²) in [6.07, 6.45) is 1.76. The van der Waals surface area contributed by atoms with Gasteiger partial charge in [-0.25, -0.2) is 4.79 Å². The minimum absolute atomic E-state index is 0.370. The molecule has 0 saturated heterocycles. The average molecular weight is 396 g/mol. The number of rotatable bonds is 5. The smallest absolute Gasteiger partial charge is 0.409 e. The number of nitrogens with zero attached hydrogens (tertiary/aromatic N) is 1. The molecule has 2 aromatic carbocycles. The highest BCUT2D eigenvalue weighted by molar-refractivity contribution is 9.10. The van der Waals surface area contributed by atoms with E-state index in [2.05, 4.69) is 15.9 Å². The van der Waals surface area contributed by atoms with Gasteiger partial charge in [-0.1, -0.05) is 29.8 Å². The molecule has 0 bridgehead atoms. The molecule has 0 unspecified atom stereocenters. The lowest BCUT2D eigenvalue weighted by Gasteiger charge is -2.26. The molecule has 1 N–H and O–H groups in total. The Morgan fingerprint density at radius 1 is 1.43 bits per heavy atom. The fraction of sp³-hybridized carbons (Fsp3) is 0.188. The van der Waals surface area contributed by atoms with Gasteiger partial charge >= 0.3 is 13.0 Å². The summed E-state index contributed by atoms with van der Waals surface area (Å²) in [5.74, 6) is -0.370. The fourth-order valence-corrected chi connectivity index (χ4v) is 3.15. The first-order valence-corrected chi connectivity index (χ1v) is 8.23. The molecule has 0 aliphatic carbocycles. The van der Waals surface area contributed by atoms with E-state index >= 15 is 0 Å². The maximum atomic E-state index is 11.6. The predicted molar refractivity (Wildman–Crippen MR) is 99.2 cm³/mol. The maximum absolute atomic E-state index is 11.6. The molecule has 0 aliphatic rings. The fourth-order valence-electron chi connectivity index (χ4n) is 2.35. The zero-order valence-electron chi connectivity index (χ0n) is 12.8. The van der Waals surface area contributed by atoms with Gasteiger partial charge in [0.1, 0.15) is 0 Å². The number of anilines is 1. The van der Waals surface area contributed by atoms with Crippen molar-refractivity contribution in [2.45, 2.75) is 6.82 Å². The Balaban J connectivity index is 2.51. The van der Waals surface area contributed by atoms with Crippen LogP contribution in [-0.4, -0.2) is 31.7 Å². The lowest BCUT2D eigenvalue weighted by Crippen LogP contribution is -2.37. The van der Waals surface area contributed by atoms with Gasteiger partial charge in [0, 0.05) is 22.2 Å². The number of halogens is 2. The Labute approximate surface area is 148 Å². The van der Waals surface area contributed by atoms with Crippen molar-refractivity contribution in [3.05, 3.63) is 52.0 Å². The van der Waals surface area contributed by atoms with Crippen molar-refractivity contribution in [2.24, 2.45) is 0 Å². The van der Waals surface area contributed by atoms with Crippen LogP contribution in [0.2, 0.25) is 6.82 Å². The topological polar surface area (TPSA) is 49.8 Å². The summed E-state index contributed by atoms with van der Waals surface area (Å²) in [5.41, 5.74) is 2.76. The Morgan fingerprint density at radius 3 is 2.78 bits per heavy atom. The van der Waals surface area contributed by atoms with Gasteiger partial charge in [-0.3, -0.25) is 0 Å². The van der Waals surface area contributed by atoms with Crippen molar-refractivity contribution in [2.75, 3.05) is 18.5 Å². The number of fused-ring (bicyclic) bond motifs is 1. The molecule has 0 aromatic heterocycles. The first-order valence-electron chi connectivity index (χ1n) is 7.00. The Kier molecular flexibility index (Phi) is 6.10. The van der Waals surface area contributed by atoms with Crippen molar-refractivity contribution in [3.8, 4) is 0 Å². The highest BCUT2D eigenvalue weighted by Crippen LogP contribution is 2.34. The molecule has 0 amide bonds. The minimum atomic E-state index is -0.675. The summed E-state index contributed by atoms with van der Waals surface area (Å²) in [5, 5.41) is 11.8. The van der Waals surface area contributed by atoms with Crippen LogP contribution in [0.25, 0.3) is 10.8 Å². The summed E-state index contributed by atoms with van der Waals surface area (Å²) < 4.78 is 5.58. The van der Waals surface area contributed by atoms with Crippen LogP contribution in [-0.2, 0) is 4.74 Å². The van der Waals surface area contributed by atoms with E-state index in [1.807, 2.05) is 18.2 Å². The lowest BCUT2D eigenvalue weighted by molar-refractivity contribution is 0.0601. The summed E-state index contributed by atoms with van der Waals surface area (Å²) >= 11 is 9.18. The van der Waals surface area contributed by atoms with Crippen LogP contribution in [0.15, 0.2) is 46.4 Å². The largest absolute Gasteiger partial charge is 0.465 e. The van der Waals surface area contributed by atoms with E-state index in [9.17, 15) is 9.82 Å². The highest BCUT2D eigenvalue weighted by atomic mass is 79.9. The third-order valence-electron chi connectivity index (χ3n) is 3.51. The molecule has 0 spiro atoms. The maximum Gasteiger partial charge on any atom is 0.409 e. The van der Waals surface area contributed by atoms with Crippen LogP contribution >= 0.6 is 27.5 Å². The molecule has 0 saturated carbocycles. The predicted octanol–water partition coefficient (Wildman–Crippen LogP) is 4.06. The minimum Gasteiger partial charge on any atom is -0.465 e. The molecule has 0 atom stereocenters. The number of ether oxygens (including phenoxy) is 1. The number of benzene rings is 2. The second-order valence-corrected chi connectivity index (χ2v) is 6.02. The third-order valence-corrected chi connectivity index (χ3v) is 4.52. The van der Waals surface area contributed by atoms with Crippen LogP contribution in [0.4, 0.5) is 5.69 Å². The second-order valence-electron chi connectivity index (χ2n) is 4.97. The Morgan fingerprint density at radius 2 is 2.17 bits per heavy atom. The number of hydrogen-bond acceptors (Lipinski definition) is 4. The van der Waals surface area contributed by atoms with E-state index in [0.29, 0.717) is 12.1 Å². The first-order chi connectivity index (χ1) is 11.0. The molecule has 0 aliphatic heterocycles. The van der Waals surface area contributed by atoms with E-state index in [0.717, 1.165) is 20.9 Å². The molecule has 2 aromatic rings. The third kappa shape index (κ3) is 3.89. The molecule has 23 heavy (non-hydrogen) atoms. The molecule has 0 heterocycles. The summed E-state index contributed by atoms with van der Waals surface area (Å²) in [7, 11) is 0.683. The van der Waals surface area contributed by atoms with E-state index < -0.39 is 7.05 Å². The van der Waals surface area contributed by atoms with Crippen molar-refractivity contribution >= 4 is 57.0 Å². The van der Waals surface area contributed by atoms with Gasteiger partial charge in [0.05, 0.1) is 12.7 Å². The zero-order valence-corrected chi connectivity index (χ0v) is 15.1. The van der Waals surface area contributed by atoms with E-state index in [4.69, 9.17) is 16.3 Å². The quantitative estimate of drug-likeness (QED) is 0.612. The molecule has 120 valence electrons. The summed E-state index contributed by atoms with van der Waals surface area (Å²) in [6.45, 7) is 2.17. The molecule has 0 radical (unpaired) electrons. The number of esters is 1. The van der Waals surface area contributed by atoms with Gasteiger partial charge in [-0.05, 0) is 51.7 Å². The number of methoxy groups -OCH3 is 1. The lowest BCUT2D eigenvalue weighted by atomic mass is 9.84. The monoisotopic (exact) mass is 395 g/mol. The zero-order chi connectivity index (χ0) is 17.0. The van der Waals surface area contributed by atoms with Crippen molar-refractivity contribution in [3.63, 3.8) is 0 Å². The number of hydrogen-bond donors (Lipinski definition) is 1. The summed E-state index contributed by atoms with van der Waals surface area (Å²) in [4.78, 5) is 13.4. The van der Waals surface area contributed by atoms with Crippen LogP contribution in [0, 0.1) is 0 Å². The van der Waals surface area contributed by atoms with Crippen molar-refractivity contribution in [1.82, 2.24) is 0 Å². The molecular formula is C16H16BBrClNO3. The van der Waals surface area contributed by atoms with Gasteiger partial charge in [-0.15, -0.1) is 0 Å². The van der Waals surface area contributed by atoms with Gasteiger partial charge < -0.3 is 14.6 Å². The van der Waals surface area contributed by atoms with Gasteiger partial charge in [-0.2, -0.15) is 0 Å². The first kappa shape index (κ1) is 17.9. The highest BCUT2D eigenvalue weighted by Gasteiger charge is 2.19. The van der Waals surface area contributed by atoms with Crippen molar-refractivity contribution in [1.29, 1.82) is 0 Å². The molecule has 7 heteroatoms. The van der Waals surface area contributed by atoms with E-state index in [-0.39, 0.29) is 5.97 Å². The van der Waals surface area contributed by atoms with Crippen LogP contribution in [0.1, 0.15) is 10.4 Å². The van der Waals surface area contributed by atoms with Crippen LogP contribution in [0.3, 0.4) is 0 Å². The molecule has 2 rings (SSSR count). The SMILES string of the molecule is COC(=O)c1ccc2c(Br)c(N(C/C=C/Cl)B(C)O)ccc2c1. The normalized spacial score (nSPS) is 11.0. The van der Waals surface area contributed by atoms with Crippen molar-refractivity contribution < 1.29 is 14.6 Å². The van der Waals surface area contributed by atoms with Crippen LogP contribution in [0.5, 0.6) is 0 Å². The second kappa shape index (κ2) is 7.86. The standard InChI is InChI=1S/C16H16BBrClNO3/c1-17(22)20(9-3-8-19)14-7-5-11-10-12(16(21)23-2)4-6-13(11)15(14)18/h3-8,10,22H,9H2,1-2H3/b8-3+. The van der Waals surface area contributed by atoms with E-state index in [1.165, 1.54) is 12.6 Å². The molecule has 4 nitrogen and oxygen atoms in total. The van der Waals surface area contributed by atoms with E-state index in [1.54, 1.807) is 29.8 Å². The number of carbonyl (C=O) groups is 1. The van der Waals surface area contributed by atoms with Gasteiger partial charge in [0.15, 0.2) is 0 Å². The number of carbonyl (C=O) groups excluding carboxylic acids is 1. The molecular weight excluding hydrogens is 380 g/mol. The Bertz CT molecular complexity index is 751.